The van der Waals surface area contributed by atoms with Crippen molar-refractivity contribution in [2.75, 3.05) is 5.75 Å². The number of rotatable bonds is 5. The van der Waals surface area contributed by atoms with Crippen LogP contribution in [0.3, 0.4) is 0 Å². The molecule has 0 unspecified atom stereocenters. The summed E-state index contributed by atoms with van der Waals surface area (Å²) in [5.41, 5.74) is 2.68. The molecule has 5 aromatic rings. The molecule has 0 aliphatic rings. The Morgan fingerprint density at radius 3 is 2.00 bits per heavy atom. The average molecular weight is 368 g/mol. The summed E-state index contributed by atoms with van der Waals surface area (Å²) in [7, 11) is 0. The van der Waals surface area contributed by atoms with Crippen LogP contribution < -0.4 is 0 Å². The van der Waals surface area contributed by atoms with Crippen LogP contribution in [0.1, 0.15) is 6.42 Å². The zero-order valence-corrected chi connectivity index (χ0v) is 16.0. The number of nitrogens with zero attached hydrogens (tertiary/aromatic N) is 1. The molecule has 5 rings (SSSR count). The third-order valence-electron chi connectivity index (χ3n) is 5.20. The molecule has 1 nitrogen and oxygen atoms in total. The molecule has 0 saturated carbocycles. The fraction of sp³-hybridized carbons (Fsp3) is 0.120. The Morgan fingerprint density at radius 2 is 1.26 bits per heavy atom. The lowest BCUT2D eigenvalue weighted by Crippen LogP contribution is -1.98. The first-order valence-electron chi connectivity index (χ1n) is 9.48. The molecule has 0 aliphatic heterocycles. The van der Waals surface area contributed by atoms with E-state index < -0.39 is 0 Å². The lowest BCUT2D eigenvalue weighted by molar-refractivity contribution is 0.730. The van der Waals surface area contributed by atoms with E-state index in [4.69, 9.17) is 0 Å². The van der Waals surface area contributed by atoms with Crippen molar-refractivity contribution in [1.29, 1.82) is 0 Å². The maximum atomic E-state index is 2.48. The van der Waals surface area contributed by atoms with Gasteiger partial charge in [0.2, 0.25) is 0 Å². The second-order valence-electron chi connectivity index (χ2n) is 6.90. The van der Waals surface area contributed by atoms with Gasteiger partial charge in [0.1, 0.15) is 0 Å². The minimum absolute atomic E-state index is 1.05. The first-order chi connectivity index (χ1) is 13.4. The molecule has 27 heavy (non-hydrogen) atoms. The molecule has 132 valence electrons. The number of aryl methyl sites for hydroxylation is 1. The van der Waals surface area contributed by atoms with Crippen molar-refractivity contribution in [2.24, 2.45) is 0 Å². The molecule has 0 spiro atoms. The van der Waals surface area contributed by atoms with E-state index >= 15 is 0 Å². The molecule has 0 aliphatic carbocycles. The molecular weight excluding hydrogens is 346 g/mol. The van der Waals surface area contributed by atoms with Crippen LogP contribution in [0.15, 0.2) is 95.9 Å². The zero-order chi connectivity index (χ0) is 18.1. The predicted octanol–water partition coefficient (Wildman–Crippen LogP) is 7.13. The minimum Gasteiger partial charge on any atom is -0.340 e. The maximum Gasteiger partial charge on any atom is 0.0491 e. The number of aromatic nitrogens is 1. The Hall–Kier alpha value is -2.71. The molecule has 0 fully saturated rings. The number of benzene rings is 4. The summed E-state index contributed by atoms with van der Waals surface area (Å²) < 4.78 is 2.48. The first kappa shape index (κ1) is 16.5. The highest BCUT2D eigenvalue weighted by Crippen LogP contribution is 2.29. The van der Waals surface area contributed by atoms with E-state index in [0.29, 0.717) is 0 Å². The third-order valence-corrected chi connectivity index (χ3v) is 6.28. The Morgan fingerprint density at radius 1 is 0.630 bits per heavy atom. The van der Waals surface area contributed by atoms with Gasteiger partial charge in [-0.05, 0) is 47.2 Å². The van der Waals surface area contributed by atoms with Crippen LogP contribution in [0, 0.1) is 0 Å². The van der Waals surface area contributed by atoms with Crippen LogP contribution in [0.2, 0.25) is 0 Å². The van der Waals surface area contributed by atoms with Gasteiger partial charge < -0.3 is 4.57 Å². The monoisotopic (exact) mass is 367 g/mol. The molecular formula is C25H21NS. The Bertz CT molecular complexity index is 1180. The lowest BCUT2D eigenvalue weighted by atomic mass is 10.1. The van der Waals surface area contributed by atoms with Crippen molar-refractivity contribution in [1.82, 2.24) is 4.57 Å². The fourth-order valence-corrected chi connectivity index (χ4v) is 4.80. The predicted molar refractivity (Wildman–Crippen MR) is 119 cm³/mol. The molecule has 0 N–H and O–H groups in total. The van der Waals surface area contributed by atoms with Crippen LogP contribution in [0.4, 0.5) is 0 Å². The Kier molecular flexibility index (Phi) is 4.35. The number of para-hydroxylation sites is 2. The maximum absolute atomic E-state index is 2.48. The van der Waals surface area contributed by atoms with Gasteiger partial charge in [-0.3, -0.25) is 0 Å². The van der Waals surface area contributed by atoms with E-state index in [9.17, 15) is 0 Å². The van der Waals surface area contributed by atoms with Gasteiger partial charge in [-0.1, -0.05) is 66.7 Å². The van der Waals surface area contributed by atoms with Gasteiger partial charge in [0.25, 0.3) is 0 Å². The smallest absolute Gasteiger partial charge is 0.0491 e. The molecule has 0 atom stereocenters. The van der Waals surface area contributed by atoms with Crippen molar-refractivity contribution < 1.29 is 0 Å². The first-order valence-corrected chi connectivity index (χ1v) is 10.5. The average Bonchev–Trinajstić information content (AvgIpc) is 3.05. The number of hydrogen-bond acceptors (Lipinski definition) is 1. The molecule has 1 heterocycles. The second-order valence-corrected chi connectivity index (χ2v) is 8.07. The third kappa shape index (κ3) is 3.11. The standard InChI is InChI=1S/C25H21NS/c1-2-9-20-18-21(15-14-19(20)8-1)27-17-7-16-26-24-12-5-3-10-22(24)23-11-4-6-13-25(23)26/h1-6,8-15,18H,7,16-17H2. The summed E-state index contributed by atoms with van der Waals surface area (Å²) in [4.78, 5) is 1.36. The minimum atomic E-state index is 1.05. The molecule has 0 saturated heterocycles. The number of hydrogen-bond donors (Lipinski definition) is 0. The normalized spacial score (nSPS) is 11.6. The van der Waals surface area contributed by atoms with E-state index in [0.717, 1.165) is 18.7 Å². The Balaban J connectivity index is 1.34. The van der Waals surface area contributed by atoms with Gasteiger partial charge in [0.15, 0.2) is 0 Å². The van der Waals surface area contributed by atoms with Crippen LogP contribution in [-0.2, 0) is 6.54 Å². The van der Waals surface area contributed by atoms with Crippen LogP contribution in [-0.4, -0.2) is 10.3 Å². The van der Waals surface area contributed by atoms with Crippen molar-refractivity contribution in [3.8, 4) is 0 Å². The molecule has 2 heteroatoms. The number of fused-ring (bicyclic) bond motifs is 4. The highest BCUT2D eigenvalue weighted by atomic mass is 32.2. The van der Waals surface area contributed by atoms with E-state index in [1.165, 1.54) is 37.5 Å². The van der Waals surface area contributed by atoms with Crippen molar-refractivity contribution in [3.05, 3.63) is 91.0 Å². The molecule has 4 aromatic carbocycles. The van der Waals surface area contributed by atoms with Crippen LogP contribution >= 0.6 is 11.8 Å². The van der Waals surface area contributed by atoms with Crippen LogP contribution in [0.25, 0.3) is 32.6 Å². The highest BCUT2D eigenvalue weighted by Gasteiger charge is 2.09. The summed E-state index contributed by atoms with van der Waals surface area (Å²) in [5.74, 6) is 1.12. The van der Waals surface area contributed by atoms with Crippen molar-refractivity contribution in [3.63, 3.8) is 0 Å². The van der Waals surface area contributed by atoms with E-state index in [1.807, 2.05) is 11.8 Å². The Labute approximate surface area is 163 Å². The topological polar surface area (TPSA) is 4.93 Å². The summed E-state index contributed by atoms with van der Waals surface area (Å²) in [6, 6.07) is 32.8. The molecule has 0 bridgehead atoms. The van der Waals surface area contributed by atoms with Gasteiger partial charge in [-0.25, -0.2) is 0 Å². The van der Waals surface area contributed by atoms with E-state index in [-0.39, 0.29) is 0 Å². The van der Waals surface area contributed by atoms with Crippen molar-refractivity contribution in [2.45, 2.75) is 17.9 Å². The fourth-order valence-electron chi connectivity index (χ4n) is 3.91. The number of thioether (sulfide) groups is 1. The lowest BCUT2D eigenvalue weighted by Gasteiger charge is -2.08. The molecule has 0 amide bonds. The molecule has 1 aromatic heterocycles. The summed E-state index contributed by atoms with van der Waals surface area (Å²) in [6.45, 7) is 1.05. The second kappa shape index (κ2) is 7.13. The van der Waals surface area contributed by atoms with Gasteiger partial charge in [-0.2, -0.15) is 0 Å². The highest BCUT2D eigenvalue weighted by molar-refractivity contribution is 7.99. The summed E-state index contributed by atoms with van der Waals surface area (Å²) >= 11 is 1.95. The molecule has 0 radical (unpaired) electrons. The largest absolute Gasteiger partial charge is 0.340 e. The van der Waals surface area contributed by atoms with Crippen molar-refractivity contribution >= 4 is 44.3 Å². The van der Waals surface area contributed by atoms with E-state index in [1.54, 1.807) is 0 Å². The summed E-state index contributed by atoms with van der Waals surface area (Å²) in [6.07, 6.45) is 1.15. The quantitative estimate of drug-likeness (QED) is 0.236. The van der Waals surface area contributed by atoms with Gasteiger partial charge in [0, 0.05) is 33.2 Å². The zero-order valence-electron chi connectivity index (χ0n) is 15.1. The SMILES string of the molecule is c1ccc2cc(SCCCn3c4ccccc4c4ccccc43)ccc2c1. The summed E-state index contributed by atoms with van der Waals surface area (Å²) in [5, 5.41) is 5.35. The van der Waals surface area contributed by atoms with Gasteiger partial charge in [-0.15, -0.1) is 11.8 Å². The van der Waals surface area contributed by atoms with Gasteiger partial charge in [0.05, 0.1) is 0 Å². The van der Waals surface area contributed by atoms with Gasteiger partial charge >= 0.3 is 0 Å². The van der Waals surface area contributed by atoms with E-state index in [2.05, 4.69) is 95.6 Å². The van der Waals surface area contributed by atoms with Crippen LogP contribution in [0.5, 0.6) is 0 Å².